The highest BCUT2D eigenvalue weighted by atomic mass is 35.5. The highest BCUT2D eigenvalue weighted by molar-refractivity contribution is 7.13. The lowest BCUT2D eigenvalue weighted by Gasteiger charge is -2.22. The van der Waals surface area contributed by atoms with E-state index in [2.05, 4.69) is 22.5 Å². The first-order chi connectivity index (χ1) is 9.29. The second-order valence-electron chi connectivity index (χ2n) is 5.13. The van der Waals surface area contributed by atoms with Gasteiger partial charge >= 0.3 is 0 Å². The van der Waals surface area contributed by atoms with E-state index in [0.717, 1.165) is 48.8 Å². The minimum Gasteiger partial charge on any atom is -0.351 e. The van der Waals surface area contributed by atoms with E-state index < -0.39 is 0 Å². The molecule has 122 valence electrons. The summed E-state index contributed by atoms with van der Waals surface area (Å²) < 4.78 is 0. The minimum atomic E-state index is 0. The van der Waals surface area contributed by atoms with Crippen LogP contribution in [0.5, 0.6) is 0 Å². The third kappa shape index (κ3) is 6.96. The summed E-state index contributed by atoms with van der Waals surface area (Å²) >= 11 is 1.52. The fourth-order valence-electron chi connectivity index (χ4n) is 2.39. The van der Waals surface area contributed by atoms with E-state index in [1.807, 2.05) is 0 Å². The average molecular weight is 354 g/mol. The normalized spacial score (nSPS) is 17.5. The van der Waals surface area contributed by atoms with Crippen molar-refractivity contribution in [2.45, 2.75) is 39.0 Å². The van der Waals surface area contributed by atoms with Crippen LogP contribution < -0.4 is 10.6 Å². The molecule has 0 saturated carbocycles. The fourth-order valence-corrected chi connectivity index (χ4v) is 3.33. The second-order valence-corrected chi connectivity index (χ2v) is 6.24. The molecule has 0 spiro atoms. The molecule has 1 aliphatic rings. The van der Waals surface area contributed by atoms with Gasteiger partial charge in [0.25, 0.3) is 5.91 Å². The smallest absolute Gasteiger partial charge is 0.263 e. The lowest BCUT2D eigenvalue weighted by molar-refractivity contribution is 0.0954. The van der Waals surface area contributed by atoms with Gasteiger partial charge in [0.2, 0.25) is 0 Å². The highest BCUT2D eigenvalue weighted by Gasteiger charge is 2.14. The van der Waals surface area contributed by atoms with Gasteiger partial charge in [-0.25, -0.2) is 4.98 Å². The summed E-state index contributed by atoms with van der Waals surface area (Å²) in [7, 11) is 0. The van der Waals surface area contributed by atoms with E-state index in [4.69, 9.17) is 0 Å². The van der Waals surface area contributed by atoms with E-state index in [1.165, 1.54) is 24.2 Å². The topological polar surface area (TPSA) is 54.0 Å². The Hall–Kier alpha value is -0.360. The van der Waals surface area contributed by atoms with Crippen LogP contribution in [0.4, 0.5) is 0 Å². The molecule has 0 radical (unpaired) electrons. The number of amides is 1. The third-order valence-corrected chi connectivity index (χ3v) is 4.53. The fraction of sp³-hybridized carbons (Fsp3) is 0.714. The Morgan fingerprint density at radius 3 is 3.00 bits per heavy atom. The number of thiazole rings is 1. The van der Waals surface area contributed by atoms with Crippen molar-refractivity contribution in [2.24, 2.45) is 5.92 Å². The van der Waals surface area contributed by atoms with Crippen molar-refractivity contribution in [1.29, 1.82) is 0 Å². The molecule has 1 amide bonds. The van der Waals surface area contributed by atoms with E-state index in [-0.39, 0.29) is 30.7 Å². The van der Waals surface area contributed by atoms with Crippen LogP contribution in [0.3, 0.4) is 0 Å². The number of halogens is 2. The molecule has 1 saturated heterocycles. The van der Waals surface area contributed by atoms with Crippen LogP contribution in [-0.4, -0.2) is 30.5 Å². The molecule has 0 aliphatic carbocycles. The molecule has 0 aromatic carbocycles. The van der Waals surface area contributed by atoms with Gasteiger partial charge in [0.05, 0.1) is 11.2 Å². The summed E-state index contributed by atoms with van der Waals surface area (Å²) in [6, 6.07) is 0. The van der Waals surface area contributed by atoms with E-state index in [9.17, 15) is 4.79 Å². The minimum absolute atomic E-state index is 0. The Balaban J connectivity index is 0.00000200. The molecule has 2 heterocycles. The van der Waals surface area contributed by atoms with Crippen molar-refractivity contribution < 1.29 is 4.79 Å². The molecule has 1 fully saturated rings. The molecule has 4 nitrogen and oxygen atoms in total. The number of carbonyl (C=O) groups is 1. The number of nitrogens with zero attached hydrogens (tertiary/aromatic N) is 1. The molecule has 1 aliphatic heterocycles. The van der Waals surface area contributed by atoms with E-state index >= 15 is 0 Å². The summed E-state index contributed by atoms with van der Waals surface area (Å²) in [5, 5.41) is 7.47. The zero-order chi connectivity index (χ0) is 13.5. The number of nitrogens with one attached hydrogen (secondary N) is 2. The van der Waals surface area contributed by atoms with E-state index in [1.54, 1.807) is 6.20 Å². The largest absolute Gasteiger partial charge is 0.351 e. The molecule has 0 bridgehead atoms. The summed E-state index contributed by atoms with van der Waals surface area (Å²) in [6.07, 6.45) is 7.35. The van der Waals surface area contributed by atoms with Crippen molar-refractivity contribution in [3.05, 3.63) is 16.1 Å². The van der Waals surface area contributed by atoms with E-state index in [0.29, 0.717) is 5.92 Å². The summed E-state index contributed by atoms with van der Waals surface area (Å²) in [5.41, 5.74) is 0. The molecule has 1 atom stereocenters. The third-order valence-electron chi connectivity index (χ3n) is 3.48. The summed E-state index contributed by atoms with van der Waals surface area (Å²) in [5.74, 6) is 0.745. The predicted octanol–water partition coefficient (Wildman–Crippen LogP) is 3.06. The van der Waals surface area contributed by atoms with Crippen LogP contribution in [0.15, 0.2) is 6.20 Å². The molecule has 21 heavy (non-hydrogen) atoms. The Labute approximate surface area is 143 Å². The maximum absolute atomic E-state index is 11.9. The number of hydrogen-bond donors (Lipinski definition) is 2. The Morgan fingerprint density at radius 1 is 1.52 bits per heavy atom. The highest BCUT2D eigenvalue weighted by Crippen LogP contribution is 2.15. The number of piperidine rings is 1. The first-order valence-corrected chi connectivity index (χ1v) is 8.05. The van der Waals surface area contributed by atoms with Crippen molar-refractivity contribution in [1.82, 2.24) is 15.6 Å². The van der Waals surface area contributed by atoms with Gasteiger partial charge in [-0.1, -0.05) is 6.92 Å². The molecular formula is C14H25Cl2N3OS. The van der Waals surface area contributed by atoms with Crippen molar-refractivity contribution in [3.8, 4) is 0 Å². The maximum Gasteiger partial charge on any atom is 0.263 e. The first-order valence-electron chi connectivity index (χ1n) is 7.23. The molecule has 2 N–H and O–H groups in total. The summed E-state index contributed by atoms with van der Waals surface area (Å²) in [4.78, 5) is 17.0. The second kappa shape index (κ2) is 11.2. The van der Waals surface area contributed by atoms with Gasteiger partial charge in [-0.2, -0.15) is 0 Å². The lowest BCUT2D eigenvalue weighted by atomic mass is 9.96. The van der Waals surface area contributed by atoms with Crippen LogP contribution in [0.25, 0.3) is 0 Å². The molecule has 1 unspecified atom stereocenters. The zero-order valence-electron chi connectivity index (χ0n) is 12.4. The van der Waals surface area contributed by atoms with Crippen LogP contribution >= 0.6 is 36.2 Å². The van der Waals surface area contributed by atoms with Crippen LogP contribution in [-0.2, 0) is 6.42 Å². The number of aromatic nitrogens is 1. The SMILES string of the molecule is CCCc1ncc(C(=O)NCCC2CCCNC2)s1.Cl.Cl. The molecule has 7 heteroatoms. The maximum atomic E-state index is 11.9. The van der Waals surface area contributed by atoms with Gasteiger partial charge in [0.15, 0.2) is 0 Å². The van der Waals surface area contributed by atoms with Gasteiger partial charge in [-0.3, -0.25) is 4.79 Å². The number of aryl methyl sites for hydroxylation is 1. The zero-order valence-corrected chi connectivity index (χ0v) is 14.8. The average Bonchev–Trinajstić information content (AvgIpc) is 2.89. The lowest BCUT2D eigenvalue weighted by Crippen LogP contribution is -2.33. The number of carbonyl (C=O) groups excluding carboxylic acids is 1. The van der Waals surface area contributed by atoms with Crippen molar-refractivity contribution in [2.75, 3.05) is 19.6 Å². The quantitative estimate of drug-likeness (QED) is 0.826. The predicted molar refractivity (Wildman–Crippen MR) is 93.1 cm³/mol. The van der Waals surface area contributed by atoms with Crippen LogP contribution in [0.1, 0.15) is 47.3 Å². The van der Waals surface area contributed by atoms with Gasteiger partial charge in [-0.05, 0) is 51.1 Å². The van der Waals surface area contributed by atoms with Gasteiger partial charge < -0.3 is 10.6 Å². The number of hydrogen-bond acceptors (Lipinski definition) is 4. The van der Waals surface area contributed by atoms with Crippen molar-refractivity contribution >= 4 is 42.1 Å². The standard InChI is InChI=1S/C14H23N3OS.2ClH/c1-2-4-13-17-10-12(19-13)14(18)16-8-6-11-5-3-7-15-9-11;;/h10-11,15H,2-9H2,1H3,(H,16,18);2*1H. The van der Waals surface area contributed by atoms with Gasteiger partial charge in [0.1, 0.15) is 4.88 Å². The van der Waals surface area contributed by atoms with Crippen LogP contribution in [0.2, 0.25) is 0 Å². The Morgan fingerprint density at radius 2 is 2.33 bits per heavy atom. The Kier molecular flexibility index (Phi) is 11.0. The van der Waals surface area contributed by atoms with Crippen molar-refractivity contribution in [3.63, 3.8) is 0 Å². The molecule has 1 aromatic heterocycles. The van der Waals surface area contributed by atoms with Gasteiger partial charge in [-0.15, -0.1) is 36.2 Å². The molecule has 2 rings (SSSR count). The summed E-state index contributed by atoms with van der Waals surface area (Å²) in [6.45, 7) is 5.13. The molecule has 1 aromatic rings. The monoisotopic (exact) mass is 353 g/mol. The van der Waals surface area contributed by atoms with Gasteiger partial charge in [0, 0.05) is 6.54 Å². The first kappa shape index (κ1) is 20.6. The Bertz CT molecular complexity index is 409. The molecular weight excluding hydrogens is 329 g/mol. The number of rotatable bonds is 6. The van der Waals surface area contributed by atoms with Crippen LogP contribution in [0, 0.1) is 5.92 Å².